The van der Waals surface area contributed by atoms with Crippen molar-refractivity contribution in [3.63, 3.8) is 0 Å². The molecular formula is C12H14BrClO2. The number of carbonyl (C=O) groups is 1. The second-order valence-electron chi connectivity index (χ2n) is 3.40. The van der Waals surface area contributed by atoms with Gasteiger partial charge in [-0.15, -0.1) is 11.6 Å². The van der Waals surface area contributed by atoms with Crippen molar-refractivity contribution in [2.45, 2.75) is 18.7 Å². The largest absolute Gasteiger partial charge is 0.465 e. The Kier molecular flexibility index (Phi) is 5.85. The lowest BCUT2D eigenvalue weighted by molar-refractivity contribution is 0.0600. The summed E-state index contributed by atoms with van der Waals surface area (Å²) in [6, 6.07) is 5.51. The Labute approximate surface area is 109 Å². The predicted octanol–water partition coefficient (Wildman–Crippen LogP) is 3.54. The van der Waals surface area contributed by atoms with Gasteiger partial charge < -0.3 is 4.74 Å². The monoisotopic (exact) mass is 304 g/mol. The van der Waals surface area contributed by atoms with E-state index in [1.807, 2.05) is 12.1 Å². The van der Waals surface area contributed by atoms with Gasteiger partial charge in [0.25, 0.3) is 0 Å². The van der Waals surface area contributed by atoms with Crippen molar-refractivity contribution in [3.8, 4) is 0 Å². The van der Waals surface area contributed by atoms with E-state index in [4.69, 9.17) is 11.6 Å². The highest BCUT2D eigenvalue weighted by atomic mass is 79.9. The molecule has 4 heteroatoms. The molecule has 16 heavy (non-hydrogen) atoms. The van der Waals surface area contributed by atoms with E-state index in [1.165, 1.54) is 7.11 Å². The number of esters is 1. The summed E-state index contributed by atoms with van der Waals surface area (Å²) >= 11 is 9.24. The Morgan fingerprint density at radius 3 is 2.75 bits per heavy atom. The molecule has 0 spiro atoms. The molecule has 0 heterocycles. The molecule has 1 aromatic rings. The molecule has 0 aromatic heterocycles. The molecule has 0 fully saturated rings. The lowest BCUT2D eigenvalue weighted by Gasteiger charge is -2.08. The van der Waals surface area contributed by atoms with Crippen molar-refractivity contribution in [2.75, 3.05) is 12.4 Å². The Bertz CT molecular complexity index is 366. The van der Waals surface area contributed by atoms with E-state index in [2.05, 4.69) is 20.7 Å². The van der Waals surface area contributed by atoms with E-state index in [9.17, 15) is 4.79 Å². The van der Waals surface area contributed by atoms with Gasteiger partial charge in [0.2, 0.25) is 0 Å². The standard InChI is InChI=1S/C12H14BrClO2/c1-16-12(15)10-4-5-11(8-14)9(7-10)3-2-6-13/h4-5,7H,2-3,6,8H2,1H3. The Hall–Kier alpha value is -0.540. The first-order valence-corrected chi connectivity index (χ1v) is 6.70. The van der Waals surface area contributed by atoms with Gasteiger partial charge in [0, 0.05) is 11.2 Å². The summed E-state index contributed by atoms with van der Waals surface area (Å²) in [6.07, 6.45) is 1.94. The quantitative estimate of drug-likeness (QED) is 0.614. The Balaban J connectivity index is 2.96. The molecule has 2 nitrogen and oxygen atoms in total. The summed E-state index contributed by atoms with van der Waals surface area (Å²) < 4.78 is 4.69. The fraction of sp³-hybridized carbons (Fsp3) is 0.417. The van der Waals surface area contributed by atoms with Crippen molar-refractivity contribution in [2.24, 2.45) is 0 Å². The minimum absolute atomic E-state index is 0.304. The number of halogens is 2. The average molecular weight is 306 g/mol. The fourth-order valence-electron chi connectivity index (χ4n) is 1.49. The Morgan fingerprint density at radius 1 is 1.44 bits per heavy atom. The van der Waals surface area contributed by atoms with Gasteiger partial charge in [-0.2, -0.15) is 0 Å². The van der Waals surface area contributed by atoms with Crippen molar-refractivity contribution in [1.82, 2.24) is 0 Å². The lowest BCUT2D eigenvalue weighted by atomic mass is 10.0. The molecule has 0 radical (unpaired) electrons. The van der Waals surface area contributed by atoms with Crippen LogP contribution in [-0.2, 0) is 17.0 Å². The van der Waals surface area contributed by atoms with Crippen LogP contribution in [0, 0.1) is 0 Å². The molecule has 88 valence electrons. The number of hydrogen-bond acceptors (Lipinski definition) is 2. The van der Waals surface area contributed by atoms with E-state index >= 15 is 0 Å². The van der Waals surface area contributed by atoms with E-state index in [0.717, 1.165) is 29.3 Å². The van der Waals surface area contributed by atoms with Gasteiger partial charge >= 0.3 is 5.97 Å². The van der Waals surface area contributed by atoms with Crippen molar-refractivity contribution in [1.29, 1.82) is 0 Å². The van der Waals surface area contributed by atoms with Crippen LogP contribution < -0.4 is 0 Å². The fourth-order valence-corrected chi connectivity index (χ4v) is 2.03. The van der Waals surface area contributed by atoms with E-state index in [0.29, 0.717) is 11.4 Å². The number of aryl methyl sites for hydroxylation is 1. The first-order valence-electron chi connectivity index (χ1n) is 5.05. The van der Waals surface area contributed by atoms with Gasteiger partial charge in [0.15, 0.2) is 0 Å². The number of ether oxygens (including phenoxy) is 1. The van der Waals surface area contributed by atoms with Crippen molar-refractivity contribution >= 4 is 33.5 Å². The van der Waals surface area contributed by atoms with Gasteiger partial charge in [0.05, 0.1) is 12.7 Å². The van der Waals surface area contributed by atoms with Crippen molar-refractivity contribution in [3.05, 3.63) is 34.9 Å². The Morgan fingerprint density at radius 2 is 2.19 bits per heavy atom. The maximum atomic E-state index is 11.4. The van der Waals surface area contributed by atoms with E-state index in [1.54, 1.807) is 6.07 Å². The molecular weight excluding hydrogens is 291 g/mol. The molecule has 0 aliphatic carbocycles. The first-order chi connectivity index (χ1) is 7.72. The highest BCUT2D eigenvalue weighted by Gasteiger charge is 2.09. The SMILES string of the molecule is COC(=O)c1ccc(CCl)c(CCCBr)c1. The maximum Gasteiger partial charge on any atom is 0.337 e. The third-order valence-corrected chi connectivity index (χ3v) is 3.20. The van der Waals surface area contributed by atoms with Crippen LogP contribution in [0.15, 0.2) is 18.2 Å². The molecule has 0 aliphatic heterocycles. The summed E-state index contributed by atoms with van der Waals surface area (Å²) in [5, 5.41) is 0.942. The highest BCUT2D eigenvalue weighted by Crippen LogP contribution is 2.17. The van der Waals surface area contributed by atoms with Crippen LogP contribution in [0.4, 0.5) is 0 Å². The van der Waals surface area contributed by atoms with Gasteiger partial charge in [0.1, 0.15) is 0 Å². The normalized spacial score (nSPS) is 10.2. The summed E-state index contributed by atoms with van der Waals surface area (Å²) in [5.74, 6) is 0.167. The molecule has 0 saturated heterocycles. The number of rotatable bonds is 5. The zero-order valence-corrected chi connectivity index (χ0v) is 11.5. The number of alkyl halides is 2. The maximum absolute atomic E-state index is 11.4. The minimum atomic E-state index is -0.304. The van der Waals surface area contributed by atoms with Gasteiger partial charge in [-0.3, -0.25) is 0 Å². The molecule has 0 amide bonds. The highest BCUT2D eigenvalue weighted by molar-refractivity contribution is 9.09. The first kappa shape index (κ1) is 13.5. The lowest BCUT2D eigenvalue weighted by Crippen LogP contribution is -2.03. The van der Waals surface area contributed by atoms with Gasteiger partial charge in [-0.05, 0) is 36.1 Å². The molecule has 1 rings (SSSR count). The average Bonchev–Trinajstić information content (AvgIpc) is 2.34. The molecule has 0 saturated carbocycles. The minimum Gasteiger partial charge on any atom is -0.465 e. The molecule has 0 aliphatic rings. The van der Waals surface area contributed by atoms with E-state index in [-0.39, 0.29) is 5.97 Å². The third kappa shape index (κ3) is 3.49. The van der Waals surface area contributed by atoms with Crippen LogP contribution >= 0.6 is 27.5 Å². The number of methoxy groups -OCH3 is 1. The van der Waals surface area contributed by atoms with Crippen LogP contribution in [0.1, 0.15) is 27.9 Å². The topological polar surface area (TPSA) is 26.3 Å². The zero-order chi connectivity index (χ0) is 12.0. The molecule has 0 atom stereocenters. The summed E-state index contributed by atoms with van der Waals surface area (Å²) in [7, 11) is 1.38. The van der Waals surface area contributed by atoms with Crippen molar-refractivity contribution < 1.29 is 9.53 Å². The van der Waals surface area contributed by atoms with Crippen LogP contribution in [0.2, 0.25) is 0 Å². The third-order valence-electron chi connectivity index (χ3n) is 2.35. The number of hydrogen-bond donors (Lipinski definition) is 0. The van der Waals surface area contributed by atoms with E-state index < -0.39 is 0 Å². The van der Waals surface area contributed by atoms with Gasteiger partial charge in [-0.1, -0.05) is 22.0 Å². The predicted molar refractivity (Wildman–Crippen MR) is 69.5 cm³/mol. The molecule has 0 bridgehead atoms. The van der Waals surface area contributed by atoms with Crippen LogP contribution in [0.5, 0.6) is 0 Å². The van der Waals surface area contributed by atoms with Crippen LogP contribution in [-0.4, -0.2) is 18.4 Å². The number of benzene rings is 1. The summed E-state index contributed by atoms with van der Waals surface area (Å²) in [4.78, 5) is 11.4. The zero-order valence-electron chi connectivity index (χ0n) is 9.13. The smallest absolute Gasteiger partial charge is 0.337 e. The molecule has 0 unspecified atom stereocenters. The van der Waals surface area contributed by atoms with Crippen LogP contribution in [0.3, 0.4) is 0 Å². The summed E-state index contributed by atoms with van der Waals surface area (Å²) in [6.45, 7) is 0. The van der Waals surface area contributed by atoms with Gasteiger partial charge in [-0.25, -0.2) is 4.79 Å². The van der Waals surface area contributed by atoms with Crippen LogP contribution in [0.25, 0.3) is 0 Å². The molecule has 0 N–H and O–H groups in total. The molecule has 1 aromatic carbocycles. The second kappa shape index (κ2) is 6.92. The summed E-state index contributed by atoms with van der Waals surface area (Å²) in [5.41, 5.74) is 2.79. The number of carbonyl (C=O) groups excluding carboxylic acids is 1. The second-order valence-corrected chi connectivity index (χ2v) is 4.46.